The van der Waals surface area contributed by atoms with Crippen LogP contribution in [0.15, 0.2) is 194 Å². The Hall–Kier alpha value is -6.72. The highest BCUT2D eigenvalue weighted by Crippen LogP contribution is 2.44. The Morgan fingerprint density at radius 2 is 0.750 bits per heavy atom. The van der Waals surface area contributed by atoms with Gasteiger partial charge in [-0.25, -0.2) is 9.97 Å². The molecule has 0 saturated carbocycles. The minimum atomic E-state index is 0.706. The van der Waals surface area contributed by atoms with E-state index in [4.69, 9.17) is 9.97 Å². The largest absolute Gasteiger partial charge is 0.228 e. The summed E-state index contributed by atoms with van der Waals surface area (Å²) in [5, 5.41) is 5.06. The molecule has 3 aromatic heterocycles. The Morgan fingerprint density at radius 1 is 0.286 bits per heavy atom. The van der Waals surface area contributed by atoms with Gasteiger partial charge in [0.05, 0.1) is 11.4 Å². The quantitative estimate of drug-likeness (QED) is 0.169. The Bertz CT molecular complexity index is 3120. The molecule has 4 heteroatoms. The monoisotopic (exact) mass is 748 g/mol. The first-order chi connectivity index (χ1) is 27.7. The van der Waals surface area contributed by atoms with E-state index in [1.165, 1.54) is 57.0 Å². The van der Waals surface area contributed by atoms with Gasteiger partial charge in [-0.1, -0.05) is 158 Å². The molecule has 0 fully saturated rings. The summed E-state index contributed by atoms with van der Waals surface area (Å²) in [6.07, 6.45) is 0. The van der Waals surface area contributed by atoms with Crippen molar-refractivity contribution >= 4 is 63.0 Å². The predicted octanol–water partition coefficient (Wildman–Crippen LogP) is 15.2. The fourth-order valence-corrected chi connectivity index (χ4v) is 10.5. The second-order valence-electron chi connectivity index (χ2n) is 14.1. The normalized spacial score (nSPS) is 11.6. The number of rotatable bonds is 6. The number of fused-ring (bicyclic) bond motifs is 6. The van der Waals surface area contributed by atoms with E-state index in [1.54, 1.807) is 0 Å². The fourth-order valence-electron chi connectivity index (χ4n) is 8.03. The van der Waals surface area contributed by atoms with Crippen LogP contribution in [0.5, 0.6) is 0 Å². The average molecular weight is 749 g/mol. The molecular formula is C52H32N2S2. The molecule has 0 bridgehead atoms. The lowest BCUT2D eigenvalue weighted by Crippen LogP contribution is -1.98. The first-order valence-electron chi connectivity index (χ1n) is 18.8. The standard InChI is InChI=1S/C52H32N2S2/c1-3-14-33(15-4-1)35-18-11-19-36(30-35)37-28-29-42(45(31-37)34-16-5-2-6-17-34)52-53-46(43-24-12-22-40-38-20-7-9-26-48(38)55-50(40)43)32-47(54-52)44-25-13-23-41-39-21-8-10-27-49(39)56-51(41)44/h1-32H. The molecule has 0 unspecified atom stereocenters. The molecule has 0 amide bonds. The molecule has 11 aromatic rings. The van der Waals surface area contributed by atoms with Gasteiger partial charge in [-0.15, -0.1) is 22.7 Å². The van der Waals surface area contributed by atoms with E-state index >= 15 is 0 Å². The Balaban J connectivity index is 1.16. The lowest BCUT2D eigenvalue weighted by Gasteiger charge is -2.15. The summed E-state index contributed by atoms with van der Waals surface area (Å²) in [7, 11) is 0. The van der Waals surface area contributed by atoms with Crippen molar-refractivity contribution in [1.29, 1.82) is 0 Å². The van der Waals surface area contributed by atoms with Crippen molar-refractivity contribution in [1.82, 2.24) is 9.97 Å². The second kappa shape index (κ2) is 13.5. The zero-order chi connectivity index (χ0) is 37.0. The minimum Gasteiger partial charge on any atom is -0.228 e. The molecule has 0 aliphatic heterocycles. The third-order valence-electron chi connectivity index (χ3n) is 10.7. The van der Waals surface area contributed by atoms with Crippen LogP contribution in [0.1, 0.15) is 0 Å². The van der Waals surface area contributed by atoms with Crippen LogP contribution in [0.2, 0.25) is 0 Å². The number of thiophene rings is 2. The summed E-state index contributed by atoms with van der Waals surface area (Å²) in [6, 6.07) is 69.6. The summed E-state index contributed by atoms with van der Waals surface area (Å²) in [5.74, 6) is 0.706. The Morgan fingerprint density at radius 3 is 1.36 bits per heavy atom. The van der Waals surface area contributed by atoms with Gasteiger partial charge >= 0.3 is 0 Å². The van der Waals surface area contributed by atoms with Gasteiger partial charge in [0.15, 0.2) is 5.82 Å². The molecule has 262 valence electrons. The molecule has 0 saturated heterocycles. The van der Waals surface area contributed by atoms with Gasteiger partial charge in [0.25, 0.3) is 0 Å². The highest BCUT2D eigenvalue weighted by molar-refractivity contribution is 7.26. The molecular weight excluding hydrogens is 717 g/mol. The van der Waals surface area contributed by atoms with Crippen LogP contribution in [-0.4, -0.2) is 9.97 Å². The van der Waals surface area contributed by atoms with Crippen LogP contribution in [0.25, 0.3) is 108 Å². The maximum Gasteiger partial charge on any atom is 0.161 e. The van der Waals surface area contributed by atoms with Crippen molar-refractivity contribution in [3.8, 4) is 67.3 Å². The number of nitrogens with zero attached hydrogens (tertiary/aromatic N) is 2. The van der Waals surface area contributed by atoms with E-state index < -0.39 is 0 Å². The third-order valence-corrected chi connectivity index (χ3v) is 13.2. The average Bonchev–Trinajstić information content (AvgIpc) is 3.86. The molecule has 0 spiro atoms. The van der Waals surface area contributed by atoms with Crippen molar-refractivity contribution < 1.29 is 0 Å². The van der Waals surface area contributed by atoms with E-state index in [-0.39, 0.29) is 0 Å². The number of hydrogen-bond acceptors (Lipinski definition) is 4. The summed E-state index contributed by atoms with van der Waals surface area (Å²) in [6.45, 7) is 0. The van der Waals surface area contributed by atoms with Gasteiger partial charge in [-0.05, 0) is 69.8 Å². The van der Waals surface area contributed by atoms with Gasteiger partial charge in [0.2, 0.25) is 0 Å². The number of benzene rings is 8. The molecule has 56 heavy (non-hydrogen) atoms. The van der Waals surface area contributed by atoms with Crippen LogP contribution in [0, 0.1) is 0 Å². The van der Waals surface area contributed by atoms with Gasteiger partial charge in [-0.3, -0.25) is 0 Å². The van der Waals surface area contributed by atoms with Gasteiger partial charge in [0.1, 0.15) is 0 Å². The van der Waals surface area contributed by atoms with Gasteiger partial charge in [0, 0.05) is 57.0 Å². The first-order valence-corrected chi connectivity index (χ1v) is 20.4. The summed E-state index contributed by atoms with van der Waals surface area (Å²) in [4.78, 5) is 11.0. The van der Waals surface area contributed by atoms with Crippen LogP contribution in [-0.2, 0) is 0 Å². The van der Waals surface area contributed by atoms with E-state index in [9.17, 15) is 0 Å². The van der Waals surface area contributed by atoms with Crippen molar-refractivity contribution in [3.05, 3.63) is 194 Å². The molecule has 2 nitrogen and oxygen atoms in total. The van der Waals surface area contributed by atoms with E-state index in [0.29, 0.717) is 5.82 Å². The van der Waals surface area contributed by atoms with Gasteiger partial charge in [-0.2, -0.15) is 0 Å². The number of aromatic nitrogens is 2. The highest BCUT2D eigenvalue weighted by atomic mass is 32.1. The smallest absolute Gasteiger partial charge is 0.161 e. The molecule has 8 aromatic carbocycles. The van der Waals surface area contributed by atoms with E-state index in [2.05, 4.69) is 194 Å². The zero-order valence-electron chi connectivity index (χ0n) is 30.2. The van der Waals surface area contributed by atoms with E-state index in [0.717, 1.165) is 44.8 Å². The molecule has 0 atom stereocenters. The highest BCUT2D eigenvalue weighted by Gasteiger charge is 2.20. The minimum absolute atomic E-state index is 0.706. The summed E-state index contributed by atoms with van der Waals surface area (Å²) in [5.41, 5.74) is 12.0. The second-order valence-corrected chi connectivity index (χ2v) is 16.2. The molecule has 0 N–H and O–H groups in total. The third kappa shape index (κ3) is 5.62. The molecule has 0 aliphatic rings. The van der Waals surface area contributed by atoms with Crippen LogP contribution in [0.3, 0.4) is 0 Å². The molecule has 11 rings (SSSR count). The fraction of sp³-hybridized carbons (Fsp3) is 0. The van der Waals surface area contributed by atoms with Crippen molar-refractivity contribution in [2.24, 2.45) is 0 Å². The SMILES string of the molecule is c1ccc(-c2cccc(-c3ccc(-c4nc(-c5cccc6c5sc5ccccc56)cc(-c5cccc6c5sc5ccccc56)n4)c(-c4ccccc4)c3)c2)cc1. The molecule has 0 aliphatic carbocycles. The van der Waals surface area contributed by atoms with E-state index in [1.807, 2.05) is 22.7 Å². The summed E-state index contributed by atoms with van der Waals surface area (Å²) >= 11 is 3.67. The zero-order valence-corrected chi connectivity index (χ0v) is 31.8. The topological polar surface area (TPSA) is 25.8 Å². The lowest BCUT2D eigenvalue weighted by atomic mass is 9.92. The maximum absolute atomic E-state index is 5.48. The van der Waals surface area contributed by atoms with Crippen molar-refractivity contribution in [3.63, 3.8) is 0 Å². The Labute approximate surface area is 332 Å². The molecule has 3 heterocycles. The molecule has 0 radical (unpaired) electrons. The number of hydrogen-bond donors (Lipinski definition) is 0. The van der Waals surface area contributed by atoms with Crippen LogP contribution in [0.4, 0.5) is 0 Å². The Kier molecular flexibility index (Phi) is 7.90. The van der Waals surface area contributed by atoms with Crippen molar-refractivity contribution in [2.45, 2.75) is 0 Å². The predicted molar refractivity (Wildman–Crippen MR) is 240 cm³/mol. The maximum atomic E-state index is 5.48. The van der Waals surface area contributed by atoms with Crippen molar-refractivity contribution in [2.75, 3.05) is 0 Å². The van der Waals surface area contributed by atoms with Gasteiger partial charge < -0.3 is 0 Å². The first kappa shape index (κ1) is 32.7. The van der Waals surface area contributed by atoms with Crippen LogP contribution >= 0.6 is 22.7 Å². The summed E-state index contributed by atoms with van der Waals surface area (Å²) < 4.78 is 5.03. The van der Waals surface area contributed by atoms with Crippen LogP contribution < -0.4 is 0 Å². The lowest BCUT2D eigenvalue weighted by molar-refractivity contribution is 1.19.